The van der Waals surface area contributed by atoms with Crippen LogP contribution in [0.15, 0.2) is 18.2 Å². The highest BCUT2D eigenvalue weighted by atomic mass is 16.5. The second kappa shape index (κ2) is 10.1. The van der Waals surface area contributed by atoms with Gasteiger partial charge in [0.25, 0.3) is 11.8 Å². The standard InChI is InChI=1S/C20H28N2O7/c1-20(2,3)21-17(23)12-29-19(25)14-5-6-15(16(11-14)26-4)28-13-18(24)22-7-9-27-10-8-22/h5-6,11H,7-10,12-13H2,1-4H3,(H,21,23). The maximum absolute atomic E-state index is 12.2. The van der Waals surface area contributed by atoms with E-state index < -0.39 is 11.5 Å². The zero-order valence-corrected chi connectivity index (χ0v) is 17.3. The molecule has 0 aliphatic carbocycles. The van der Waals surface area contributed by atoms with E-state index in [0.717, 1.165) is 0 Å². The number of esters is 1. The van der Waals surface area contributed by atoms with Gasteiger partial charge >= 0.3 is 5.97 Å². The first kappa shape index (κ1) is 22.5. The molecule has 1 saturated heterocycles. The molecule has 0 bridgehead atoms. The van der Waals surface area contributed by atoms with Crippen LogP contribution in [0.2, 0.25) is 0 Å². The summed E-state index contributed by atoms with van der Waals surface area (Å²) in [5.41, 5.74) is -0.207. The van der Waals surface area contributed by atoms with Crippen molar-refractivity contribution in [3.8, 4) is 11.5 Å². The van der Waals surface area contributed by atoms with Crippen molar-refractivity contribution in [1.82, 2.24) is 10.2 Å². The van der Waals surface area contributed by atoms with Gasteiger partial charge in [-0.2, -0.15) is 0 Å². The summed E-state index contributed by atoms with van der Waals surface area (Å²) < 4.78 is 21.1. The molecule has 0 saturated carbocycles. The number of amides is 2. The average Bonchev–Trinajstić information content (AvgIpc) is 2.69. The van der Waals surface area contributed by atoms with E-state index in [-0.39, 0.29) is 36.3 Å². The molecule has 2 rings (SSSR count). The highest BCUT2D eigenvalue weighted by molar-refractivity contribution is 5.92. The van der Waals surface area contributed by atoms with Crippen molar-refractivity contribution in [3.63, 3.8) is 0 Å². The Balaban J connectivity index is 1.92. The molecule has 29 heavy (non-hydrogen) atoms. The zero-order valence-electron chi connectivity index (χ0n) is 17.3. The molecule has 160 valence electrons. The average molecular weight is 408 g/mol. The molecule has 1 aromatic carbocycles. The van der Waals surface area contributed by atoms with Crippen LogP contribution in [-0.4, -0.2) is 74.8 Å². The molecule has 1 fully saturated rings. The van der Waals surface area contributed by atoms with Crippen LogP contribution in [-0.2, 0) is 19.1 Å². The highest BCUT2D eigenvalue weighted by Gasteiger charge is 2.20. The summed E-state index contributed by atoms with van der Waals surface area (Å²) in [6.07, 6.45) is 0. The molecule has 2 amide bonds. The Morgan fingerprint density at radius 2 is 1.79 bits per heavy atom. The summed E-state index contributed by atoms with van der Waals surface area (Å²) in [4.78, 5) is 37.8. The molecule has 1 aliphatic rings. The molecule has 0 unspecified atom stereocenters. The Bertz CT molecular complexity index is 737. The normalized spacial score (nSPS) is 14.1. The third-order valence-electron chi connectivity index (χ3n) is 3.96. The fraction of sp³-hybridized carbons (Fsp3) is 0.550. The van der Waals surface area contributed by atoms with E-state index in [2.05, 4.69) is 5.32 Å². The van der Waals surface area contributed by atoms with Crippen LogP contribution in [0.25, 0.3) is 0 Å². The van der Waals surface area contributed by atoms with E-state index in [1.807, 2.05) is 20.8 Å². The summed E-state index contributed by atoms with van der Waals surface area (Å²) in [6.45, 7) is 7.07. The van der Waals surface area contributed by atoms with E-state index in [1.165, 1.54) is 25.3 Å². The number of nitrogens with zero attached hydrogens (tertiary/aromatic N) is 1. The van der Waals surface area contributed by atoms with Crippen molar-refractivity contribution in [1.29, 1.82) is 0 Å². The summed E-state index contributed by atoms with van der Waals surface area (Å²) in [5, 5.41) is 2.71. The van der Waals surface area contributed by atoms with Crippen LogP contribution in [0.3, 0.4) is 0 Å². The topological polar surface area (TPSA) is 103 Å². The van der Waals surface area contributed by atoms with Gasteiger partial charge in [-0.1, -0.05) is 0 Å². The predicted molar refractivity (Wildman–Crippen MR) is 104 cm³/mol. The molecular weight excluding hydrogens is 380 g/mol. The SMILES string of the molecule is COc1cc(C(=O)OCC(=O)NC(C)(C)C)ccc1OCC(=O)N1CCOCC1. The van der Waals surface area contributed by atoms with E-state index >= 15 is 0 Å². The second-order valence-corrected chi connectivity index (χ2v) is 7.52. The molecule has 0 spiro atoms. The lowest BCUT2D eigenvalue weighted by atomic mass is 10.1. The Morgan fingerprint density at radius 1 is 1.10 bits per heavy atom. The molecule has 0 radical (unpaired) electrons. The minimum absolute atomic E-state index is 0.146. The van der Waals surface area contributed by atoms with Gasteiger partial charge in [0, 0.05) is 18.6 Å². The molecular formula is C20H28N2O7. The Hall–Kier alpha value is -2.81. The number of rotatable bonds is 7. The fourth-order valence-electron chi connectivity index (χ4n) is 2.63. The monoisotopic (exact) mass is 408 g/mol. The Kier molecular flexibility index (Phi) is 7.83. The minimum Gasteiger partial charge on any atom is -0.493 e. The number of morpholine rings is 1. The van der Waals surface area contributed by atoms with Crippen LogP contribution >= 0.6 is 0 Å². The summed E-state index contributed by atoms with van der Waals surface area (Å²) in [5.74, 6) is -0.587. The first-order valence-electron chi connectivity index (χ1n) is 9.34. The Labute approximate surface area is 170 Å². The van der Waals surface area contributed by atoms with Gasteiger partial charge in [-0.05, 0) is 39.0 Å². The number of ether oxygens (including phenoxy) is 4. The van der Waals surface area contributed by atoms with Crippen molar-refractivity contribution in [2.45, 2.75) is 26.3 Å². The zero-order chi connectivity index (χ0) is 21.4. The first-order chi connectivity index (χ1) is 13.7. The smallest absolute Gasteiger partial charge is 0.338 e. The number of carbonyl (C=O) groups is 3. The third kappa shape index (κ3) is 7.26. The van der Waals surface area contributed by atoms with Crippen molar-refractivity contribution in [2.75, 3.05) is 46.6 Å². The number of hydrogen-bond acceptors (Lipinski definition) is 7. The number of benzene rings is 1. The number of methoxy groups -OCH3 is 1. The third-order valence-corrected chi connectivity index (χ3v) is 3.96. The number of carbonyl (C=O) groups excluding carboxylic acids is 3. The predicted octanol–water partition coefficient (Wildman–Crippen LogP) is 1.00. The van der Waals surface area contributed by atoms with Crippen molar-refractivity contribution in [2.24, 2.45) is 0 Å². The van der Waals surface area contributed by atoms with E-state index in [0.29, 0.717) is 32.1 Å². The van der Waals surface area contributed by atoms with Crippen molar-refractivity contribution in [3.05, 3.63) is 23.8 Å². The van der Waals surface area contributed by atoms with Crippen LogP contribution in [0, 0.1) is 0 Å². The lowest BCUT2D eigenvalue weighted by Gasteiger charge is -2.26. The van der Waals surface area contributed by atoms with Crippen molar-refractivity contribution >= 4 is 17.8 Å². The van der Waals surface area contributed by atoms with Gasteiger partial charge in [0.2, 0.25) is 0 Å². The van der Waals surface area contributed by atoms with Crippen molar-refractivity contribution < 1.29 is 33.3 Å². The molecule has 9 nitrogen and oxygen atoms in total. The van der Waals surface area contributed by atoms with Gasteiger partial charge in [0.1, 0.15) is 0 Å². The van der Waals surface area contributed by atoms with Gasteiger partial charge in [0.15, 0.2) is 24.7 Å². The summed E-state index contributed by atoms with van der Waals surface area (Å²) in [6, 6.07) is 4.46. The van der Waals surface area contributed by atoms with Gasteiger partial charge in [-0.3, -0.25) is 9.59 Å². The maximum atomic E-state index is 12.2. The van der Waals surface area contributed by atoms with Crippen LogP contribution in [0.4, 0.5) is 0 Å². The minimum atomic E-state index is -0.664. The number of hydrogen-bond donors (Lipinski definition) is 1. The lowest BCUT2D eigenvalue weighted by Crippen LogP contribution is -2.43. The highest BCUT2D eigenvalue weighted by Crippen LogP contribution is 2.28. The van der Waals surface area contributed by atoms with Crippen LogP contribution in [0.5, 0.6) is 11.5 Å². The maximum Gasteiger partial charge on any atom is 0.338 e. The largest absolute Gasteiger partial charge is 0.493 e. The summed E-state index contributed by atoms with van der Waals surface area (Å²) in [7, 11) is 1.43. The van der Waals surface area contributed by atoms with Gasteiger partial charge in [0.05, 0.1) is 25.9 Å². The quantitative estimate of drug-likeness (QED) is 0.672. The molecule has 1 heterocycles. The molecule has 1 N–H and O–H groups in total. The van der Waals surface area contributed by atoms with E-state index in [9.17, 15) is 14.4 Å². The lowest BCUT2D eigenvalue weighted by molar-refractivity contribution is -0.137. The Morgan fingerprint density at radius 3 is 2.41 bits per heavy atom. The fourth-order valence-corrected chi connectivity index (χ4v) is 2.63. The number of nitrogens with one attached hydrogen (secondary N) is 1. The van der Waals surface area contributed by atoms with Gasteiger partial charge in [-0.25, -0.2) is 4.79 Å². The van der Waals surface area contributed by atoms with E-state index in [1.54, 1.807) is 4.90 Å². The second-order valence-electron chi connectivity index (χ2n) is 7.52. The van der Waals surface area contributed by atoms with E-state index in [4.69, 9.17) is 18.9 Å². The molecule has 1 aliphatic heterocycles. The first-order valence-corrected chi connectivity index (χ1v) is 9.34. The molecule has 9 heteroatoms. The van der Waals surface area contributed by atoms with Gasteiger partial charge in [-0.15, -0.1) is 0 Å². The van der Waals surface area contributed by atoms with Crippen LogP contribution in [0.1, 0.15) is 31.1 Å². The molecule has 0 atom stereocenters. The molecule has 0 aromatic heterocycles. The summed E-state index contributed by atoms with van der Waals surface area (Å²) >= 11 is 0. The molecule has 1 aromatic rings. The van der Waals surface area contributed by atoms with Crippen LogP contribution < -0.4 is 14.8 Å². The van der Waals surface area contributed by atoms with Gasteiger partial charge < -0.3 is 29.2 Å².